The van der Waals surface area contributed by atoms with Crippen molar-refractivity contribution in [2.45, 2.75) is 39.3 Å². The molecule has 0 amide bonds. The quantitative estimate of drug-likeness (QED) is 0.650. The van der Waals surface area contributed by atoms with E-state index in [1.165, 1.54) is 6.33 Å². The van der Waals surface area contributed by atoms with Gasteiger partial charge in [0.1, 0.15) is 6.33 Å². The van der Waals surface area contributed by atoms with Crippen LogP contribution in [0.2, 0.25) is 0 Å². The van der Waals surface area contributed by atoms with Crippen molar-refractivity contribution in [1.29, 1.82) is 0 Å². The molecular weight excluding hydrogens is 268 g/mol. The lowest BCUT2D eigenvalue weighted by molar-refractivity contribution is -0.145. The maximum Gasteiger partial charge on any atom is 0.306 e. The molecule has 1 aromatic carbocycles. The van der Waals surface area contributed by atoms with Gasteiger partial charge in [-0.05, 0) is 38.0 Å². The fourth-order valence-electron chi connectivity index (χ4n) is 2.02. The standard InChI is InChI=1S/C15H20N4O2/c1-11(2)19-14(17-10-18-19)9-21-15(20)7-6-12-4-3-5-13(16)8-12/h3-5,8,10-11H,6-7,9,16H2,1-2H3. The van der Waals surface area contributed by atoms with Crippen LogP contribution >= 0.6 is 0 Å². The smallest absolute Gasteiger partial charge is 0.306 e. The monoisotopic (exact) mass is 288 g/mol. The number of esters is 1. The predicted octanol–water partition coefficient (Wildman–Crippen LogP) is 2.12. The number of nitrogens with two attached hydrogens (primary N) is 1. The third-order valence-electron chi connectivity index (χ3n) is 3.07. The van der Waals surface area contributed by atoms with Crippen LogP contribution in [0.5, 0.6) is 0 Å². The first-order valence-electron chi connectivity index (χ1n) is 6.94. The van der Waals surface area contributed by atoms with Gasteiger partial charge in [-0.25, -0.2) is 9.67 Å². The van der Waals surface area contributed by atoms with Crippen LogP contribution in [-0.4, -0.2) is 20.7 Å². The van der Waals surface area contributed by atoms with E-state index in [2.05, 4.69) is 10.1 Å². The number of nitrogen functional groups attached to an aromatic ring is 1. The highest BCUT2D eigenvalue weighted by molar-refractivity contribution is 5.69. The first-order valence-corrected chi connectivity index (χ1v) is 6.94. The van der Waals surface area contributed by atoms with Crippen molar-refractivity contribution in [3.8, 4) is 0 Å². The molecule has 0 bridgehead atoms. The normalized spacial score (nSPS) is 10.8. The van der Waals surface area contributed by atoms with Crippen LogP contribution in [0.25, 0.3) is 0 Å². The van der Waals surface area contributed by atoms with E-state index in [0.29, 0.717) is 24.4 Å². The summed E-state index contributed by atoms with van der Waals surface area (Å²) < 4.78 is 6.98. The van der Waals surface area contributed by atoms with Crippen LogP contribution in [0, 0.1) is 0 Å². The zero-order valence-corrected chi connectivity index (χ0v) is 12.3. The van der Waals surface area contributed by atoms with Crippen LogP contribution in [0.15, 0.2) is 30.6 Å². The lowest BCUT2D eigenvalue weighted by Gasteiger charge is -2.09. The lowest BCUT2D eigenvalue weighted by atomic mass is 10.1. The Kier molecular flexibility index (Phi) is 4.92. The Morgan fingerprint density at radius 2 is 2.24 bits per heavy atom. The molecule has 0 aliphatic carbocycles. The summed E-state index contributed by atoms with van der Waals surface area (Å²) >= 11 is 0. The highest BCUT2D eigenvalue weighted by Gasteiger charge is 2.10. The first kappa shape index (κ1) is 15.0. The Labute approximate surface area is 123 Å². The minimum atomic E-state index is -0.254. The van der Waals surface area contributed by atoms with E-state index in [1.807, 2.05) is 38.1 Å². The van der Waals surface area contributed by atoms with Crippen LogP contribution in [-0.2, 0) is 22.6 Å². The lowest BCUT2D eigenvalue weighted by Crippen LogP contribution is -2.12. The summed E-state index contributed by atoms with van der Waals surface area (Å²) in [7, 11) is 0. The fraction of sp³-hybridized carbons (Fsp3) is 0.400. The molecule has 0 radical (unpaired) electrons. The topological polar surface area (TPSA) is 83.0 Å². The molecule has 0 unspecified atom stereocenters. The van der Waals surface area contributed by atoms with Crippen molar-refractivity contribution in [2.75, 3.05) is 5.73 Å². The van der Waals surface area contributed by atoms with E-state index in [4.69, 9.17) is 10.5 Å². The highest BCUT2D eigenvalue weighted by Crippen LogP contribution is 2.10. The molecule has 1 aromatic heterocycles. The number of aromatic nitrogens is 3. The molecule has 6 heteroatoms. The highest BCUT2D eigenvalue weighted by atomic mass is 16.5. The van der Waals surface area contributed by atoms with Crippen LogP contribution in [0.1, 0.15) is 37.7 Å². The average molecular weight is 288 g/mol. The largest absolute Gasteiger partial charge is 0.457 e. The van der Waals surface area contributed by atoms with Gasteiger partial charge in [0.05, 0.1) is 0 Å². The fourth-order valence-corrected chi connectivity index (χ4v) is 2.02. The van der Waals surface area contributed by atoms with Crippen molar-refractivity contribution < 1.29 is 9.53 Å². The summed E-state index contributed by atoms with van der Waals surface area (Å²) in [4.78, 5) is 15.9. The number of rotatable bonds is 6. The Hall–Kier alpha value is -2.37. The molecule has 0 atom stereocenters. The van der Waals surface area contributed by atoms with Gasteiger partial charge in [-0.3, -0.25) is 4.79 Å². The number of nitrogens with zero attached hydrogens (tertiary/aromatic N) is 3. The zero-order valence-electron chi connectivity index (χ0n) is 12.3. The molecule has 2 N–H and O–H groups in total. The van der Waals surface area contributed by atoms with Crippen molar-refractivity contribution in [3.63, 3.8) is 0 Å². The van der Waals surface area contributed by atoms with Gasteiger partial charge in [0.2, 0.25) is 0 Å². The predicted molar refractivity (Wildman–Crippen MR) is 79.4 cm³/mol. The van der Waals surface area contributed by atoms with E-state index in [-0.39, 0.29) is 18.6 Å². The van der Waals surface area contributed by atoms with E-state index in [1.54, 1.807) is 4.68 Å². The number of hydrogen-bond acceptors (Lipinski definition) is 5. The Morgan fingerprint density at radius 3 is 2.95 bits per heavy atom. The number of benzene rings is 1. The molecule has 0 aliphatic heterocycles. The molecular formula is C15H20N4O2. The SMILES string of the molecule is CC(C)n1ncnc1COC(=O)CCc1cccc(N)c1. The summed E-state index contributed by atoms with van der Waals surface area (Å²) in [6.45, 7) is 4.15. The minimum absolute atomic E-state index is 0.147. The molecule has 1 heterocycles. The zero-order chi connectivity index (χ0) is 15.2. The summed E-state index contributed by atoms with van der Waals surface area (Å²) in [6, 6.07) is 7.69. The van der Waals surface area contributed by atoms with Gasteiger partial charge in [0, 0.05) is 18.2 Å². The molecule has 0 aliphatic rings. The summed E-state index contributed by atoms with van der Waals surface area (Å²) in [5.41, 5.74) is 7.42. The van der Waals surface area contributed by atoms with Crippen molar-refractivity contribution in [3.05, 3.63) is 42.0 Å². The van der Waals surface area contributed by atoms with Gasteiger partial charge in [-0.1, -0.05) is 12.1 Å². The van der Waals surface area contributed by atoms with Crippen molar-refractivity contribution >= 4 is 11.7 Å². The third-order valence-corrected chi connectivity index (χ3v) is 3.07. The average Bonchev–Trinajstić information content (AvgIpc) is 2.91. The van der Waals surface area contributed by atoms with Crippen molar-refractivity contribution in [2.24, 2.45) is 0 Å². The van der Waals surface area contributed by atoms with E-state index in [0.717, 1.165) is 5.56 Å². The van der Waals surface area contributed by atoms with Gasteiger partial charge in [-0.15, -0.1) is 0 Å². The Balaban J connectivity index is 1.81. The number of carbonyl (C=O) groups is 1. The molecule has 21 heavy (non-hydrogen) atoms. The number of ether oxygens (including phenoxy) is 1. The second-order valence-corrected chi connectivity index (χ2v) is 5.12. The number of carbonyl (C=O) groups excluding carboxylic acids is 1. The third kappa shape index (κ3) is 4.30. The second-order valence-electron chi connectivity index (χ2n) is 5.12. The summed E-state index contributed by atoms with van der Waals surface area (Å²) in [6.07, 6.45) is 2.40. The Morgan fingerprint density at radius 1 is 1.43 bits per heavy atom. The maximum atomic E-state index is 11.8. The molecule has 0 spiro atoms. The van der Waals surface area contributed by atoms with Gasteiger partial charge < -0.3 is 10.5 Å². The second kappa shape index (κ2) is 6.88. The molecule has 6 nitrogen and oxygen atoms in total. The molecule has 0 saturated carbocycles. The summed E-state index contributed by atoms with van der Waals surface area (Å²) in [5, 5.41) is 4.10. The number of anilines is 1. The summed E-state index contributed by atoms with van der Waals surface area (Å²) in [5.74, 6) is 0.401. The maximum absolute atomic E-state index is 11.8. The van der Waals surface area contributed by atoms with Gasteiger partial charge >= 0.3 is 5.97 Å². The van der Waals surface area contributed by atoms with Crippen LogP contribution < -0.4 is 5.73 Å². The van der Waals surface area contributed by atoms with Gasteiger partial charge in [0.25, 0.3) is 0 Å². The molecule has 0 saturated heterocycles. The first-order chi connectivity index (χ1) is 10.1. The van der Waals surface area contributed by atoms with Crippen LogP contribution in [0.3, 0.4) is 0 Å². The molecule has 112 valence electrons. The van der Waals surface area contributed by atoms with E-state index >= 15 is 0 Å². The molecule has 2 aromatic rings. The van der Waals surface area contributed by atoms with E-state index < -0.39 is 0 Å². The van der Waals surface area contributed by atoms with Crippen LogP contribution in [0.4, 0.5) is 5.69 Å². The molecule has 0 fully saturated rings. The van der Waals surface area contributed by atoms with Gasteiger partial charge in [-0.2, -0.15) is 5.10 Å². The Bertz CT molecular complexity index is 607. The van der Waals surface area contributed by atoms with Gasteiger partial charge in [0.15, 0.2) is 12.4 Å². The molecule has 2 rings (SSSR count). The van der Waals surface area contributed by atoms with E-state index in [9.17, 15) is 4.79 Å². The number of aryl methyl sites for hydroxylation is 1. The minimum Gasteiger partial charge on any atom is -0.457 e. The number of hydrogen-bond donors (Lipinski definition) is 1. The van der Waals surface area contributed by atoms with Crippen molar-refractivity contribution in [1.82, 2.24) is 14.8 Å².